The predicted molar refractivity (Wildman–Crippen MR) is 74.2 cm³/mol. The molecule has 0 radical (unpaired) electrons. The van der Waals surface area contributed by atoms with Crippen LogP contribution in [-0.4, -0.2) is 45.5 Å². The molecule has 0 bridgehead atoms. The fraction of sp³-hybridized carbons (Fsp3) is 0.364. The number of nitrogens with zero attached hydrogens (tertiary/aromatic N) is 1. The zero-order chi connectivity index (χ0) is 14.6. The second-order valence-corrected chi connectivity index (χ2v) is 6.02. The van der Waals surface area contributed by atoms with Crippen molar-refractivity contribution in [1.82, 2.24) is 20.5 Å². The molecule has 5 N–H and O–H groups in total. The molecular weight excluding hydrogens is 282 g/mol. The molecule has 0 aliphatic carbocycles. The summed E-state index contributed by atoms with van der Waals surface area (Å²) in [5.41, 5.74) is 8.15. The molecule has 0 unspecified atom stereocenters. The molecule has 1 aliphatic heterocycles. The molecule has 1 saturated heterocycles. The average molecular weight is 299 g/mol. The molecule has 1 aromatic carbocycles. The Bertz CT molecular complexity index is 566. The van der Waals surface area contributed by atoms with Crippen LogP contribution in [0.4, 0.5) is 10.5 Å². The van der Waals surface area contributed by atoms with E-state index in [0.717, 1.165) is 0 Å². The Labute approximate surface area is 117 Å². The second kappa shape index (κ2) is 6.07. The van der Waals surface area contributed by atoms with Crippen molar-refractivity contribution in [3.05, 3.63) is 24.3 Å². The number of sulfonamides is 1. The van der Waals surface area contributed by atoms with Gasteiger partial charge in [0.05, 0.1) is 4.90 Å². The number of carbonyl (C=O) groups excluding carboxylic acids is 1. The highest BCUT2D eigenvalue weighted by Gasteiger charge is 2.19. The third-order valence-electron chi connectivity index (χ3n) is 2.89. The summed E-state index contributed by atoms with van der Waals surface area (Å²) in [6.07, 6.45) is 0. The molecule has 1 aliphatic rings. The minimum atomic E-state index is -3.79. The molecule has 2 rings (SSSR count). The number of piperazine rings is 1. The minimum absolute atomic E-state index is 0.0345. The lowest BCUT2D eigenvalue weighted by Crippen LogP contribution is -2.54. The van der Waals surface area contributed by atoms with Gasteiger partial charge in [0.2, 0.25) is 0 Å². The smallest absolute Gasteiger partial charge is 0.332 e. The molecular formula is C11H17N5O3S. The molecule has 0 aromatic heterocycles. The van der Waals surface area contributed by atoms with E-state index in [9.17, 15) is 13.2 Å². The molecule has 20 heavy (non-hydrogen) atoms. The van der Waals surface area contributed by atoms with Crippen molar-refractivity contribution in [2.24, 2.45) is 0 Å². The molecule has 9 heteroatoms. The van der Waals surface area contributed by atoms with Gasteiger partial charge in [0.25, 0.3) is 10.0 Å². The number of hydrogen-bond acceptors (Lipinski definition) is 5. The van der Waals surface area contributed by atoms with Gasteiger partial charge in [0, 0.05) is 31.9 Å². The van der Waals surface area contributed by atoms with Crippen molar-refractivity contribution in [2.75, 3.05) is 31.9 Å². The Morgan fingerprint density at radius 2 is 1.80 bits per heavy atom. The lowest BCUT2D eigenvalue weighted by atomic mass is 10.3. The first-order valence-electron chi connectivity index (χ1n) is 6.12. The second-order valence-electron chi connectivity index (χ2n) is 4.34. The van der Waals surface area contributed by atoms with Gasteiger partial charge >= 0.3 is 6.03 Å². The van der Waals surface area contributed by atoms with Crippen LogP contribution in [0.15, 0.2) is 29.2 Å². The number of hydrazine groups is 1. The third kappa shape index (κ3) is 3.59. The summed E-state index contributed by atoms with van der Waals surface area (Å²) >= 11 is 0. The quantitative estimate of drug-likeness (QED) is 0.425. The van der Waals surface area contributed by atoms with Crippen molar-refractivity contribution in [3.8, 4) is 0 Å². The normalized spacial score (nSPS) is 15.9. The largest absolute Gasteiger partial charge is 0.399 e. The molecule has 1 aromatic rings. The highest BCUT2D eigenvalue weighted by atomic mass is 32.2. The van der Waals surface area contributed by atoms with Crippen LogP contribution in [0.25, 0.3) is 0 Å². The highest BCUT2D eigenvalue weighted by Crippen LogP contribution is 2.10. The van der Waals surface area contributed by atoms with Crippen LogP contribution < -0.4 is 21.3 Å². The summed E-state index contributed by atoms with van der Waals surface area (Å²) < 4.78 is 23.9. The Morgan fingerprint density at radius 1 is 1.20 bits per heavy atom. The SMILES string of the molecule is Nc1ccc(S(=O)(=O)NNC(=O)N2CCNCC2)cc1. The fourth-order valence-electron chi connectivity index (χ4n) is 1.76. The number of urea groups is 1. The van der Waals surface area contributed by atoms with E-state index in [1.807, 2.05) is 0 Å². The van der Waals surface area contributed by atoms with Crippen molar-refractivity contribution < 1.29 is 13.2 Å². The van der Waals surface area contributed by atoms with Crippen LogP contribution in [0.2, 0.25) is 0 Å². The van der Waals surface area contributed by atoms with E-state index in [1.54, 1.807) is 0 Å². The monoisotopic (exact) mass is 299 g/mol. The number of carbonyl (C=O) groups is 1. The number of anilines is 1. The van der Waals surface area contributed by atoms with Crippen LogP contribution in [0.5, 0.6) is 0 Å². The van der Waals surface area contributed by atoms with Gasteiger partial charge in [-0.2, -0.15) is 0 Å². The highest BCUT2D eigenvalue weighted by molar-refractivity contribution is 7.89. The first-order chi connectivity index (χ1) is 9.49. The Balaban J connectivity index is 1.95. The maximum Gasteiger partial charge on any atom is 0.332 e. The van der Waals surface area contributed by atoms with Gasteiger partial charge in [-0.25, -0.2) is 13.2 Å². The fourth-order valence-corrected chi connectivity index (χ4v) is 2.60. The molecule has 2 amide bonds. The maximum absolute atomic E-state index is 11.9. The minimum Gasteiger partial charge on any atom is -0.399 e. The standard InChI is InChI=1S/C11H17N5O3S/c12-9-1-3-10(4-2-9)20(18,19)15-14-11(17)16-7-5-13-6-8-16/h1-4,13,15H,5-8,12H2,(H,14,17). The summed E-state index contributed by atoms with van der Waals surface area (Å²) in [5.74, 6) is 0. The number of hydrogen-bond donors (Lipinski definition) is 4. The van der Waals surface area contributed by atoms with Gasteiger partial charge in [0.1, 0.15) is 0 Å². The lowest BCUT2D eigenvalue weighted by molar-refractivity contribution is 0.188. The maximum atomic E-state index is 11.9. The Morgan fingerprint density at radius 3 is 2.40 bits per heavy atom. The van der Waals surface area contributed by atoms with E-state index in [0.29, 0.717) is 31.9 Å². The van der Waals surface area contributed by atoms with Crippen LogP contribution in [-0.2, 0) is 10.0 Å². The van der Waals surface area contributed by atoms with Gasteiger partial charge in [-0.1, -0.05) is 0 Å². The van der Waals surface area contributed by atoms with Crippen LogP contribution in [0.3, 0.4) is 0 Å². The summed E-state index contributed by atoms with van der Waals surface area (Å²) in [6.45, 7) is 2.46. The van der Waals surface area contributed by atoms with Crippen LogP contribution in [0, 0.1) is 0 Å². The molecule has 0 spiro atoms. The number of rotatable bonds is 3. The molecule has 1 heterocycles. The third-order valence-corrected chi connectivity index (χ3v) is 4.15. The number of amides is 2. The first kappa shape index (κ1) is 14.6. The van der Waals surface area contributed by atoms with Crippen molar-refractivity contribution in [1.29, 1.82) is 0 Å². The van der Waals surface area contributed by atoms with E-state index in [2.05, 4.69) is 15.6 Å². The Kier molecular flexibility index (Phi) is 4.42. The van der Waals surface area contributed by atoms with E-state index in [-0.39, 0.29) is 4.90 Å². The molecule has 0 saturated carbocycles. The predicted octanol–water partition coefficient (Wildman–Crippen LogP) is -0.923. The van der Waals surface area contributed by atoms with Crippen molar-refractivity contribution >= 4 is 21.7 Å². The van der Waals surface area contributed by atoms with Gasteiger partial charge in [0.15, 0.2) is 0 Å². The van der Waals surface area contributed by atoms with Gasteiger partial charge in [-0.05, 0) is 24.3 Å². The molecule has 8 nitrogen and oxygen atoms in total. The topological polar surface area (TPSA) is 117 Å². The molecule has 110 valence electrons. The van der Waals surface area contributed by atoms with E-state index < -0.39 is 16.1 Å². The van der Waals surface area contributed by atoms with Crippen LogP contribution in [0.1, 0.15) is 0 Å². The summed E-state index contributed by atoms with van der Waals surface area (Å²) in [6, 6.07) is 5.23. The average Bonchev–Trinajstić information content (AvgIpc) is 2.46. The summed E-state index contributed by atoms with van der Waals surface area (Å²) in [4.78, 5) is 15.4. The lowest BCUT2D eigenvalue weighted by Gasteiger charge is -2.27. The number of nitrogens with one attached hydrogen (secondary N) is 3. The molecule has 1 fully saturated rings. The van der Waals surface area contributed by atoms with E-state index >= 15 is 0 Å². The van der Waals surface area contributed by atoms with Crippen LogP contribution >= 0.6 is 0 Å². The van der Waals surface area contributed by atoms with E-state index in [4.69, 9.17) is 5.73 Å². The number of nitrogen functional groups attached to an aromatic ring is 1. The summed E-state index contributed by atoms with van der Waals surface area (Å²) in [7, 11) is -3.79. The van der Waals surface area contributed by atoms with E-state index in [1.165, 1.54) is 29.2 Å². The van der Waals surface area contributed by atoms with Gasteiger partial charge in [-0.15, -0.1) is 4.83 Å². The Hall–Kier alpha value is -1.84. The number of nitrogens with two attached hydrogens (primary N) is 1. The number of benzene rings is 1. The molecule has 0 atom stereocenters. The summed E-state index contributed by atoms with van der Waals surface area (Å²) in [5, 5.41) is 3.10. The van der Waals surface area contributed by atoms with Crippen molar-refractivity contribution in [2.45, 2.75) is 4.90 Å². The van der Waals surface area contributed by atoms with Gasteiger partial charge in [-0.3, -0.25) is 5.43 Å². The zero-order valence-corrected chi connectivity index (χ0v) is 11.6. The van der Waals surface area contributed by atoms with Gasteiger partial charge < -0.3 is 16.0 Å². The van der Waals surface area contributed by atoms with Crippen molar-refractivity contribution in [3.63, 3.8) is 0 Å². The zero-order valence-electron chi connectivity index (χ0n) is 10.8. The first-order valence-corrected chi connectivity index (χ1v) is 7.60.